The quantitative estimate of drug-likeness (QED) is 0.725. The van der Waals surface area contributed by atoms with Gasteiger partial charge in [-0.2, -0.15) is 17.5 Å². The molecule has 1 saturated heterocycles. The summed E-state index contributed by atoms with van der Waals surface area (Å²) in [6, 6.07) is 4.49. The Balaban J connectivity index is 1.64. The van der Waals surface area contributed by atoms with Gasteiger partial charge in [0.25, 0.3) is 10.0 Å². The Labute approximate surface area is 173 Å². The molecule has 0 saturated carbocycles. The second-order valence-corrected chi connectivity index (χ2v) is 9.13. The van der Waals surface area contributed by atoms with Crippen LogP contribution in [0.3, 0.4) is 0 Å². The van der Waals surface area contributed by atoms with E-state index in [1.807, 2.05) is 0 Å². The van der Waals surface area contributed by atoms with Gasteiger partial charge in [-0.15, -0.1) is 0 Å². The van der Waals surface area contributed by atoms with Crippen LogP contribution < -0.4 is 0 Å². The van der Waals surface area contributed by atoms with Crippen molar-refractivity contribution in [3.63, 3.8) is 0 Å². The molecule has 0 radical (unpaired) electrons. The molecule has 1 aromatic carbocycles. The number of hydrogen-bond acceptors (Lipinski definition) is 4. The van der Waals surface area contributed by atoms with Crippen molar-refractivity contribution in [2.45, 2.75) is 31.0 Å². The third-order valence-corrected chi connectivity index (χ3v) is 6.91. The molecule has 0 unspecified atom stereocenters. The van der Waals surface area contributed by atoms with Crippen LogP contribution in [0.2, 0.25) is 0 Å². The molecule has 1 aliphatic heterocycles. The molecular weight excluding hydrogens is 421 g/mol. The van der Waals surface area contributed by atoms with Crippen LogP contribution >= 0.6 is 0 Å². The lowest BCUT2D eigenvalue weighted by Crippen LogP contribution is -2.38. The van der Waals surface area contributed by atoms with Crippen molar-refractivity contribution < 1.29 is 26.4 Å². The zero-order chi connectivity index (χ0) is 22.1. The predicted molar refractivity (Wildman–Crippen MR) is 103 cm³/mol. The second kappa shape index (κ2) is 8.38. The number of halogens is 3. The van der Waals surface area contributed by atoms with Gasteiger partial charge in [0.1, 0.15) is 5.82 Å². The third-order valence-electron chi connectivity index (χ3n) is 5.13. The van der Waals surface area contributed by atoms with Crippen molar-refractivity contribution in [2.24, 2.45) is 7.05 Å². The van der Waals surface area contributed by atoms with Crippen LogP contribution in [0.5, 0.6) is 0 Å². The molecular formula is C19H23F3N4O3S. The Morgan fingerprint density at radius 2 is 1.77 bits per heavy atom. The standard InChI is InChI=1S/C19H23F3N4O3S/c1-14-23-17(13-24(14)2)30(28,29)26-9-3-8-25(10-11-26)18(27)12-15-4-6-16(7-5-15)19(20,21)22/h4-7,13H,3,8-12H2,1-2H3. The van der Waals surface area contributed by atoms with Crippen LogP contribution in [0.1, 0.15) is 23.4 Å². The largest absolute Gasteiger partial charge is 0.416 e. The van der Waals surface area contributed by atoms with E-state index >= 15 is 0 Å². The second-order valence-electron chi connectivity index (χ2n) is 7.25. The first-order chi connectivity index (χ1) is 14.0. The van der Waals surface area contributed by atoms with E-state index in [1.54, 1.807) is 23.4 Å². The molecule has 2 heterocycles. The number of carbonyl (C=O) groups excluding carboxylic acids is 1. The SMILES string of the molecule is Cc1nc(S(=O)(=O)N2CCCN(C(=O)Cc3ccc(C(F)(F)F)cc3)CC2)cn1C. The van der Waals surface area contributed by atoms with E-state index in [4.69, 9.17) is 0 Å². The number of aryl methyl sites for hydroxylation is 2. The summed E-state index contributed by atoms with van der Waals surface area (Å²) in [6.07, 6.45) is -2.54. The summed E-state index contributed by atoms with van der Waals surface area (Å²) >= 11 is 0. The maximum Gasteiger partial charge on any atom is 0.416 e. The molecule has 1 amide bonds. The number of imidazole rings is 1. The predicted octanol–water partition coefficient (Wildman–Crippen LogP) is 2.21. The minimum Gasteiger partial charge on any atom is -0.341 e. The Morgan fingerprint density at radius 3 is 2.33 bits per heavy atom. The van der Waals surface area contributed by atoms with Gasteiger partial charge in [-0.25, -0.2) is 13.4 Å². The molecule has 0 atom stereocenters. The Kier molecular flexibility index (Phi) is 6.23. The van der Waals surface area contributed by atoms with Gasteiger partial charge in [-0.3, -0.25) is 4.79 Å². The lowest BCUT2D eigenvalue weighted by molar-refractivity contribution is -0.137. The molecule has 164 valence electrons. The first-order valence-electron chi connectivity index (χ1n) is 9.42. The molecule has 7 nitrogen and oxygen atoms in total. The number of rotatable bonds is 4. The zero-order valence-corrected chi connectivity index (χ0v) is 17.5. The normalized spacial score (nSPS) is 16.5. The number of benzene rings is 1. The maximum atomic E-state index is 12.8. The fourth-order valence-corrected chi connectivity index (χ4v) is 4.76. The molecule has 3 rings (SSSR count). The average Bonchev–Trinajstić information content (AvgIpc) is 2.87. The van der Waals surface area contributed by atoms with Gasteiger partial charge in [0.05, 0.1) is 12.0 Å². The number of nitrogens with zero attached hydrogens (tertiary/aromatic N) is 4. The highest BCUT2D eigenvalue weighted by molar-refractivity contribution is 7.89. The van der Waals surface area contributed by atoms with Crippen LogP contribution in [0, 0.1) is 6.92 Å². The molecule has 30 heavy (non-hydrogen) atoms. The van der Waals surface area contributed by atoms with Crippen LogP contribution in [0.4, 0.5) is 13.2 Å². The van der Waals surface area contributed by atoms with Gasteiger partial charge in [-0.1, -0.05) is 12.1 Å². The van der Waals surface area contributed by atoms with Crippen LogP contribution in [-0.2, 0) is 34.5 Å². The van der Waals surface area contributed by atoms with E-state index in [1.165, 1.54) is 22.6 Å². The fraction of sp³-hybridized carbons (Fsp3) is 0.474. The summed E-state index contributed by atoms with van der Waals surface area (Å²) in [6.45, 7) is 2.71. The number of hydrogen-bond donors (Lipinski definition) is 0. The number of sulfonamides is 1. The first kappa shape index (κ1) is 22.3. The molecule has 1 fully saturated rings. The van der Waals surface area contributed by atoms with Crippen LogP contribution in [-0.4, -0.2) is 59.3 Å². The number of alkyl halides is 3. The van der Waals surface area contributed by atoms with Gasteiger partial charge in [-0.05, 0) is 31.0 Å². The van der Waals surface area contributed by atoms with Gasteiger partial charge >= 0.3 is 6.18 Å². The van der Waals surface area contributed by atoms with E-state index in [9.17, 15) is 26.4 Å². The summed E-state index contributed by atoms with van der Waals surface area (Å²) in [4.78, 5) is 18.2. The van der Waals surface area contributed by atoms with Crippen molar-refractivity contribution >= 4 is 15.9 Å². The lowest BCUT2D eigenvalue weighted by atomic mass is 10.1. The van der Waals surface area contributed by atoms with E-state index in [2.05, 4.69) is 4.98 Å². The highest BCUT2D eigenvalue weighted by atomic mass is 32.2. The minimum atomic E-state index is -4.42. The molecule has 1 aliphatic rings. The number of carbonyl (C=O) groups is 1. The monoisotopic (exact) mass is 444 g/mol. The average molecular weight is 444 g/mol. The molecule has 0 bridgehead atoms. The highest BCUT2D eigenvalue weighted by Crippen LogP contribution is 2.29. The van der Waals surface area contributed by atoms with Gasteiger partial charge < -0.3 is 9.47 Å². The smallest absolute Gasteiger partial charge is 0.341 e. The summed E-state index contributed by atoms with van der Waals surface area (Å²) in [5.41, 5.74) is -0.287. The van der Waals surface area contributed by atoms with E-state index in [0.717, 1.165) is 12.1 Å². The molecule has 1 aromatic heterocycles. The molecule has 11 heteroatoms. The van der Waals surface area contributed by atoms with E-state index in [0.29, 0.717) is 24.4 Å². The topological polar surface area (TPSA) is 75.5 Å². The maximum absolute atomic E-state index is 12.8. The Morgan fingerprint density at radius 1 is 1.10 bits per heavy atom. The number of aromatic nitrogens is 2. The van der Waals surface area contributed by atoms with Crippen molar-refractivity contribution in [3.8, 4) is 0 Å². The zero-order valence-electron chi connectivity index (χ0n) is 16.7. The summed E-state index contributed by atoms with van der Waals surface area (Å²) < 4.78 is 66.6. The Bertz CT molecular complexity index is 997. The third kappa shape index (κ3) is 4.84. The van der Waals surface area contributed by atoms with Crippen molar-refractivity contribution in [1.82, 2.24) is 18.8 Å². The van der Waals surface area contributed by atoms with Gasteiger partial charge in [0.2, 0.25) is 5.91 Å². The van der Waals surface area contributed by atoms with E-state index < -0.39 is 21.8 Å². The highest BCUT2D eigenvalue weighted by Gasteiger charge is 2.31. The lowest BCUT2D eigenvalue weighted by Gasteiger charge is -2.21. The van der Waals surface area contributed by atoms with Crippen molar-refractivity contribution in [3.05, 3.63) is 47.4 Å². The van der Waals surface area contributed by atoms with Crippen LogP contribution in [0.15, 0.2) is 35.5 Å². The van der Waals surface area contributed by atoms with Gasteiger partial charge in [0, 0.05) is 39.4 Å². The molecule has 0 spiro atoms. The summed E-state index contributed by atoms with van der Waals surface area (Å²) in [5, 5.41) is -0.0213. The van der Waals surface area contributed by atoms with Crippen molar-refractivity contribution in [2.75, 3.05) is 26.2 Å². The van der Waals surface area contributed by atoms with Gasteiger partial charge in [0.15, 0.2) is 5.03 Å². The van der Waals surface area contributed by atoms with Crippen molar-refractivity contribution in [1.29, 1.82) is 0 Å². The Hall–Kier alpha value is -2.40. The molecule has 0 aliphatic carbocycles. The summed E-state index contributed by atoms with van der Waals surface area (Å²) in [7, 11) is -2.04. The first-order valence-corrected chi connectivity index (χ1v) is 10.9. The minimum absolute atomic E-state index is 0.0213. The summed E-state index contributed by atoms with van der Waals surface area (Å²) in [5.74, 6) is 0.333. The van der Waals surface area contributed by atoms with Crippen LogP contribution in [0.25, 0.3) is 0 Å². The molecule has 0 N–H and O–H groups in total. The van der Waals surface area contributed by atoms with E-state index in [-0.39, 0.29) is 37.0 Å². The number of amides is 1. The molecule has 2 aromatic rings. The fourth-order valence-electron chi connectivity index (χ4n) is 3.26.